The van der Waals surface area contributed by atoms with Crippen LogP contribution in [0.3, 0.4) is 0 Å². The number of rotatable bonds is 4. The zero-order chi connectivity index (χ0) is 25.6. The van der Waals surface area contributed by atoms with E-state index in [1.165, 1.54) is 43.3 Å². The average Bonchev–Trinajstić information content (AvgIpc) is 3.03. The lowest BCUT2D eigenvalue weighted by Gasteiger charge is -2.18. The first-order valence-electron chi connectivity index (χ1n) is 9.40. The van der Waals surface area contributed by atoms with Gasteiger partial charge in [0.25, 0.3) is 5.91 Å². The fourth-order valence-corrected chi connectivity index (χ4v) is 3.97. The molecule has 1 aromatic heterocycles. The molecular weight excluding hydrogens is 531 g/mol. The Morgan fingerprint density at radius 1 is 1.00 bits per heavy atom. The molecule has 1 atom stereocenters. The fraction of sp³-hybridized carbons (Fsp3) is 0.238. The molecule has 0 saturated carbocycles. The van der Waals surface area contributed by atoms with Crippen molar-refractivity contribution < 1.29 is 31.1 Å². The topological polar surface area (TPSA) is 46.9 Å². The second kappa shape index (κ2) is 9.31. The number of amides is 1. The zero-order valence-electron chi connectivity index (χ0n) is 17.2. The van der Waals surface area contributed by atoms with Gasteiger partial charge in [0.05, 0.1) is 11.3 Å². The Hall–Kier alpha value is -2.43. The maximum atomic E-state index is 13.8. The van der Waals surface area contributed by atoms with Gasteiger partial charge in [-0.25, -0.2) is 4.68 Å². The molecule has 1 heterocycles. The van der Waals surface area contributed by atoms with E-state index in [1.54, 1.807) is 0 Å². The number of carbonyl (C=O) groups is 1. The van der Waals surface area contributed by atoms with Crippen molar-refractivity contribution in [2.75, 3.05) is 0 Å². The predicted molar refractivity (Wildman–Crippen MR) is 117 cm³/mol. The highest BCUT2D eigenvalue weighted by Crippen LogP contribution is 2.42. The molecular formula is C21H14Cl3F6N3O. The van der Waals surface area contributed by atoms with E-state index in [1.807, 2.05) is 5.32 Å². The molecule has 0 radical (unpaired) electrons. The summed E-state index contributed by atoms with van der Waals surface area (Å²) in [5.74, 6) is -0.995. The highest BCUT2D eigenvalue weighted by molar-refractivity contribution is 6.36. The van der Waals surface area contributed by atoms with Crippen molar-refractivity contribution in [3.8, 4) is 16.8 Å². The molecule has 1 unspecified atom stereocenters. The van der Waals surface area contributed by atoms with E-state index >= 15 is 0 Å². The Morgan fingerprint density at radius 3 is 2.09 bits per heavy atom. The van der Waals surface area contributed by atoms with Crippen molar-refractivity contribution in [2.45, 2.75) is 32.2 Å². The van der Waals surface area contributed by atoms with Crippen LogP contribution in [0, 0.1) is 6.92 Å². The van der Waals surface area contributed by atoms with Crippen LogP contribution >= 0.6 is 34.8 Å². The minimum absolute atomic E-state index is 0.0186. The second-order valence-electron chi connectivity index (χ2n) is 7.32. The molecule has 182 valence electrons. The molecule has 0 aliphatic heterocycles. The van der Waals surface area contributed by atoms with Crippen molar-refractivity contribution in [1.82, 2.24) is 15.1 Å². The molecule has 1 N–H and O–H groups in total. The number of hydrogen-bond donors (Lipinski definition) is 1. The van der Waals surface area contributed by atoms with E-state index in [4.69, 9.17) is 34.8 Å². The van der Waals surface area contributed by atoms with Gasteiger partial charge in [0.15, 0.2) is 5.69 Å². The van der Waals surface area contributed by atoms with Crippen molar-refractivity contribution >= 4 is 40.7 Å². The Bertz CT molecular complexity index is 1230. The third-order valence-electron chi connectivity index (χ3n) is 4.79. The molecule has 34 heavy (non-hydrogen) atoms. The summed E-state index contributed by atoms with van der Waals surface area (Å²) in [6, 6.07) is 5.40. The van der Waals surface area contributed by atoms with Crippen LogP contribution in [0.15, 0.2) is 36.4 Å². The van der Waals surface area contributed by atoms with Gasteiger partial charge in [-0.15, -0.1) is 0 Å². The van der Waals surface area contributed by atoms with E-state index in [0.29, 0.717) is 0 Å². The third kappa shape index (κ3) is 5.45. The van der Waals surface area contributed by atoms with Crippen molar-refractivity contribution in [1.29, 1.82) is 0 Å². The van der Waals surface area contributed by atoms with Crippen LogP contribution in [-0.2, 0) is 6.18 Å². The van der Waals surface area contributed by atoms with Crippen LogP contribution in [0.5, 0.6) is 0 Å². The average molecular weight is 545 g/mol. The van der Waals surface area contributed by atoms with Crippen molar-refractivity contribution in [3.05, 3.63) is 68.4 Å². The molecule has 2 aromatic carbocycles. The monoisotopic (exact) mass is 543 g/mol. The molecule has 0 aliphatic carbocycles. The third-order valence-corrected chi connectivity index (χ3v) is 5.57. The number of hydrogen-bond acceptors (Lipinski definition) is 2. The predicted octanol–water partition coefficient (Wildman–Crippen LogP) is 7.51. The van der Waals surface area contributed by atoms with Gasteiger partial charge in [-0.1, -0.05) is 34.8 Å². The first-order chi connectivity index (χ1) is 15.6. The van der Waals surface area contributed by atoms with Crippen LogP contribution in [0.2, 0.25) is 15.2 Å². The van der Waals surface area contributed by atoms with Crippen molar-refractivity contribution in [2.24, 2.45) is 0 Å². The SMILES string of the molecule is Cc1cc(-n2nc(C(F)(F)F)c(-c3cc(Cl)cc(Cl)c3)c2Cl)ccc1C(=O)NC(C)C(F)(F)F. The van der Waals surface area contributed by atoms with Gasteiger partial charge in [-0.2, -0.15) is 31.4 Å². The Balaban J connectivity index is 2.08. The summed E-state index contributed by atoms with van der Waals surface area (Å²) < 4.78 is 80.3. The van der Waals surface area contributed by atoms with E-state index < -0.39 is 40.7 Å². The molecule has 13 heteroatoms. The maximum absolute atomic E-state index is 13.8. The lowest BCUT2D eigenvalue weighted by Crippen LogP contribution is -2.43. The maximum Gasteiger partial charge on any atom is 0.435 e. The number of benzene rings is 2. The first-order valence-corrected chi connectivity index (χ1v) is 10.5. The van der Waals surface area contributed by atoms with Gasteiger partial charge in [0.2, 0.25) is 0 Å². The second-order valence-corrected chi connectivity index (χ2v) is 8.55. The Kier molecular flexibility index (Phi) is 7.17. The lowest BCUT2D eigenvalue weighted by molar-refractivity contribution is -0.149. The quantitative estimate of drug-likeness (QED) is 0.346. The van der Waals surface area contributed by atoms with Crippen molar-refractivity contribution in [3.63, 3.8) is 0 Å². The van der Waals surface area contributed by atoms with Gasteiger partial charge < -0.3 is 5.32 Å². The number of nitrogens with zero attached hydrogens (tertiary/aromatic N) is 2. The van der Waals surface area contributed by atoms with Gasteiger partial charge in [-0.3, -0.25) is 4.79 Å². The molecule has 0 spiro atoms. The summed E-state index contributed by atoms with van der Waals surface area (Å²) in [5.41, 5.74) is -1.63. The van der Waals surface area contributed by atoms with Gasteiger partial charge in [-0.05, 0) is 61.4 Å². The number of aromatic nitrogens is 2. The van der Waals surface area contributed by atoms with Gasteiger partial charge in [0, 0.05) is 15.6 Å². The zero-order valence-corrected chi connectivity index (χ0v) is 19.5. The van der Waals surface area contributed by atoms with Crippen LogP contribution in [-0.4, -0.2) is 27.9 Å². The number of aryl methyl sites for hydroxylation is 1. The minimum atomic E-state index is -4.89. The minimum Gasteiger partial charge on any atom is -0.341 e. The standard InChI is InChI=1S/C21H14Cl3F6N3O/c1-9-5-14(3-4-15(9)19(34)31-10(2)20(25,26)27)33-18(24)16(17(32-33)21(28,29)30)11-6-12(22)8-13(23)7-11/h3-8,10H,1-2H3,(H,31,34). The van der Waals surface area contributed by atoms with Crippen LogP contribution < -0.4 is 5.32 Å². The smallest absolute Gasteiger partial charge is 0.341 e. The number of carbonyl (C=O) groups excluding carboxylic acids is 1. The summed E-state index contributed by atoms with van der Waals surface area (Å²) in [5, 5.41) is 5.19. The fourth-order valence-electron chi connectivity index (χ4n) is 3.11. The molecule has 3 rings (SSSR count). The van der Waals surface area contributed by atoms with E-state index in [0.717, 1.165) is 11.6 Å². The van der Waals surface area contributed by atoms with Crippen LogP contribution in [0.25, 0.3) is 16.8 Å². The van der Waals surface area contributed by atoms with Gasteiger partial charge >= 0.3 is 12.4 Å². The van der Waals surface area contributed by atoms with Crippen LogP contribution in [0.1, 0.15) is 28.5 Å². The summed E-state index contributed by atoms with van der Waals surface area (Å²) in [6.07, 6.45) is -9.53. The van der Waals surface area contributed by atoms with E-state index in [-0.39, 0.29) is 32.4 Å². The molecule has 0 fully saturated rings. The highest BCUT2D eigenvalue weighted by atomic mass is 35.5. The molecule has 3 aromatic rings. The number of halogens is 9. The molecule has 0 saturated heterocycles. The Labute approximate surface area is 204 Å². The molecule has 1 amide bonds. The summed E-state index contributed by atoms with van der Waals surface area (Å²) in [4.78, 5) is 12.2. The number of nitrogens with one attached hydrogen (secondary N) is 1. The molecule has 4 nitrogen and oxygen atoms in total. The summed E-state index contributed by atoms with van der Waals surface area (Å²) >= 11 is 18.2. The summed E-state index contributed by atoms with van der Waals surface area (Å²) in [7, 11) is 0. The normalized spacial score (nSPS) is 13.1. The highest BCUT2D eigenvalue weighted by Gasteiger charge is 2.40. The van der Waals surface area contributed by atoms with E-state index in [2.05, 4.69) is 5.10 Å². The number of alkyl halides is 6. The molecule has 0 bridgehead atoms. The first kappa shape index (κ1) is 26.2. The molecule has 0 aliphatic rings. The largest absolute Gasteiger partial charge is 0.435 e. The van der Waals surface area contributed by atoms with E-state index in [9.17, 15) is 31.1 Å². The lowest BCUT2D eigenvalue weighted by atomic mass is 10.1. The van der Waals surface area contributed by atoms with Gasteiger partial charge in [0.1, 0.15) is 11.2 Å². The van der Waals surface area contributed by atoms with Crippen LogP contribution in [0.4, 0.5) is 26.3 Å². The summed E-state index contributed by atoms with van der Waals surface area (Å²) in [6.45, 7) is 2.20. The Morgan fingerprint density at radius 2 is 1.59 bits per heavy atom.